The summed E-state index contributed by atoms with van der Waals surface area (Å²) in [6.07, 6.45) is 5.52. The fraction of sp³-hybridized carbons (Fsp3) is 0.407. The van der Waals surface area contributed by atoms with Crippen molar-refractivity contribution >= 4 is 17.7 Å². The number of fused-ring (bicyclic) bond motifs is 2. The highest BCUT2D eigenvalue weighted by Gasteiger charge is 2.48. The molecule has 0 radical (unpaired) electrons. The molecule has 2 aromatic carbocycles. The molecule has 3 aromatic rings. The number of amides is 1. The number of nitrogens with zero attached hydrogens (tertiary/aromatic N) is 3. The van der Waals surface area contributed by atoms with Crippen molar-refractivity contribution in [3.05, 3.63) is 82.4 Å². The molecule has 2 bridgehead atoms. The van der Waals surface area contributed by atoms with Gasteiger partial charge in [-0.15, -0.1) is 0 Å². The lowest BCUT2D eigenvalue weighted by Gasteiger charge is -2.31. The van der Waals surface area contributed by atoms with Crippen molar-refractivity contribution < 1.29 is 18.7 Å². The standard InChI is InChI=1S/C27H27ClFN3O3/c28-22-7-4-8-23(29)26(22)32-24(21(13-30-32)18-9-10-18)16-34-25-12-20-11-19(25)14-31(20)27(33)35-15-17-5-2-1-3-6-17/h1-8,13,18-20,25H,9-12,14-16H2/t19-,20-,25+/m0/s1. The molecule has 8 heteroatoms. The van der Waals surface area contributed by atoms with Crippen molar-refractivity contribution in [2.24, 2.45) is 5.92 Å². The number of carbonyl (C=O) groups excluding carboxylic acids is 1. The summed E-state index contributed by atoms with van der Waals surface area (Å²) >= 11 is 6.34. The maximum atomic E-state index is 14.7. The highest BCUT2D eigenvalue weighted by molar-refractivity contribution is 6.32. The Morgan fingerprint density at radius 1 is 1.09 bits per heavy atom. The largest absolute Gasteiger partial charge is 0.445 e. The minimum Gasteiger partial charge on any atom is -0.445 e. The van der Waals surface area contributed by atoms with Crippen LogP contribution in [0.4, 0.5) is 9.18 Å². The van der Waals surface area contributed by atoms with Crippen molar-refractivity contribution in [3.8, 4) is 5.69 Å². The molecule has 35 heavy (non-hydrogen) atoms. The van der Waals surface area contributed by atoms with Crippen LogP contribution in [-0.2, 0) is 22.7 Å². The summed E-state index contributed by atoms with van der Waals surface area (Å²) in [6.45, 7) is 1.25. The predicted octanol–water partition coefficient (Wildman–Crippen LogP) is 5.86. The van der Waals surface area contributed by atoms with Gasteiger partial charge < -0.3 is 14.4 Å². The summed E-state index contributed by atoms with van der Waals surface area (Å²) in [5, 5.41) is 4.81. The molecule has 1 aromatic heterocycles. The monoisotopic (exact) mass is 495 g/mol. The Kier molecular flexibility index (Phi) is 5.98. The molecule has 3 atom stereocenters. The first-order valence-electron chi connectivity index (χ1n) is 12.2. The SMILES string of the molecule is O=C(OCc1ccccc1)N1C[C@@H]2C[C@H]1C[C@H]2OCc1c(C2CC2)cnn1-c1c(F)cccc1Cl. The number of benzene rings is 2. The summed E-state index contributed by atoms with van der Waals surface area (Å²) in [5.41, 5.74) is 3.21. The fourth-order valence-electron chi connectivity index (χ4n) is 5.47. The Morgan fingerprint density at radius 2 is 1.91 bits per heavy atom. The van der Waals surface area contributed by atoms with E-state index < -0.39 is 5.82 Å². The van der Waals surface area contributed by atoms with Gasteiger partial charge in [0.2, 0.25) is 0 Å². The van der Waals surface area contributed by atoms with Crippen LogP contribution in [0.3, 0.4) is 0 Å². The summed E-state index contributed by atoms with van der Waals surface area (Å²) < 4.78 is 28.2. The molecule has 6 rings (SSSR count). The summed E-state index contributed by atoms with van der Waals surface area (Å²) in [5.74, 6) is 0.304. The van der Waals surface area contributed by atoms with Crippen LogP contribution >= 0.6 is 11.6 Å². The number of likely N-dealkylation sites (tertiary alicyclic amines) is 1. The third-order valence-electron chi connectivity index (χ3n) is 7.42. The number of para-hydroxylation sites is 1. The smallest absolute Gasteiger partial charge is 0.410 e. The minimum absolute atomic E-state index is 0.0460. The highest BCUT2D eigenvalue weighted by atomic mass is 35.5. The predicted molar refractivity (Wildman–Crippen MR) is 129 cm³/mol. The molecule has 182 valence electrons. The fourth-order valence-corrected chi connectivity index (χ4v) is 5.72. The Bertz CT molecular complexity index is 1210. The van der Waals surface area contributed by atoms with Crippen molar-refractivity contribution in [2.45, 2.75) is 57.0 Å². The zero-order valence-corrected chi connectivity index (χ0v) is 20.0. The molecule has 0 N–H and O–H groups in total. The number of hydrogen-bond donors (Lipinski definition) is 0. The second-order valence-corrected chi connectivity index (χ2v) is 10.1. The van der Waals surface area contributed by atoms with Gasteiger partial charge >= 0.3 is 6.09 Å². The van der Waals surface area contributed by atoms with Gasteiger partial charge in [-0.1, -0.05) is 48.0 Å². The van der Waals surface area contributed by atoms with Gasteiger partial charge in [0.05, 0.1) is 29.6 Å². The lowest BCUT2D eigenvalue weighted by molar-refractivity contribution is -0.0131. The van der Waals surface area contributed by atoms with Crippen LogP contribution in [0.15, 0.2) is 54.7 Å². The summed E-state index contributed by atoms with van der Waals surface area (Å²) in [7, 11) is 0. The van der Waals surface area contributed by atoms with E-state index in [2.05, 4.69) is 5.10 Å². The number of aromatic nitrogens is 2. The molecular formula is C27H27ClFN3O3. The molecule has 0 unspecified atom stereocenters. The van der Waals surface area contributed by atoms with Crippen LogP contribution in [0, 0.1) is 11.7 Å². The van der Waals surface area contributed by atoms with Crippen LogP contribution in [0.2, 0.25) is 5.02 Å². The molecule has 1 aliphatic heterocycles. The Hall–Kier alpha value is -2.90. The van der Waals surface area contributed by atoms with E-state index in [1.165, 1.54) is 6.07 Å². The average Bonchev–Trinajstić information content (AvgIpc) is 3.31. The van der Waals surface area contributed by atoms with Gasteiger partial charge in [-0.3, -0.25) is 0 Å². The van der Waals surface area contributed by atoms with E-state index in [0.29, 0.717) is 24.1 Å². The van der Waals surface area contributed by atoms with Crippen molar-refractivity contribution in [1.29, 1.82) is 0 Å². The quantitative estimate of drug-likeness (QED) is 0.412. The third-order valence-corrected chi connectivity index (χ3v) is 7.72. The molecular weight excluding hydrogens is 469 g/mol. The van der Waals surface area contributed by atoms with E-state index >= 15 is 0 Å². The van der Waals surface area contributed by atoms with Crippen molar-refractivity contribution in [1.82, 2.24) is 14.7 Å². The molecule has 1 amide bonds. The van der Waals surface area contributed by atoms with Gasteiger partial charge in [0.1, 0.15) is 18.1 Å². The number of ether oxygens (including phenoxy) is 2. The van der Waals surface area contributed by atoms with Gasteiger partial charge in [0.25, 0.3) is 0 Å². The first kappa shape index (κ1) is 22.6. The second kappa shape index (κ2) is 9.28. The van der Waals surface area contributed by atoms with Crippen molar-refractivity contribution in [2.75, 3.05) is 6.54 Å². The van der Waals surface area contributed by atoms with Crippen LogP contribution < -0.4 is 0 Å². The van der Waals surface area contributed by atoms with Crippen LogP contribution in [-0.4, -0.2) is 39.5 Å². The number of halogens is 2. The molecule has 2 saturated carbocycles. The molecule has 0 spiro atoms. The molecule has 1 saturated heterocycles. The lowest BCUT2D eigenvalue weighted by atomic mass is 10.1. The van der Waals surface area contributed by atoms with Gasteiger partial charge in [-0.05, 0) is 54.9 Å². The Labute approximate surface area is 208 Å². The van der Waals surface area contributed by atoms with Gasteiger partial charge in [-0.2, -0.15) is 5.10 Å². The minimum atomic E-state index is -0.409. The molecule has 2 heterocycles. The topological polar surface area (TPSA) is 56.6 Å². The van der Waals surface area contributed by atoms with Gasteiger partial charge in [0.15, 0.2) is 0 Å². The van der Waals surface area contributed by atoms with E-state index in [1.54, 1.807) is 16.8 Å². The molecule has 3 fully saturated rings. The zero-order valence-electron chi connectivity index (χ0n) is 19.3. The number of hydrogen-bond acceptors (Lipinski definition) is 4. The van der Waals surface area contributed by atoms with Crippen LogP contribution in [0.1, 0.15) is 48.4 Å². The normalized spacial score (nSPS) is 23.1. The molecule has 6 nitrogen and oxygen atoms in total. The van der Waals surface area contributed by atoms with Gasteiger partial charge in [-0.25, -0.2) is 13.9 Å². The third kappa shape index (κ3) is 4.43. The summed E-state index contributed by atoms with van der Waals surface area (Å²) in [6, 6.07) is 14.5. The lowest BCUT2D eigenvalue weighted by Crippen LogP contribution is -2.42. The maximum absolute atomic E-state index is 14.7. The number of carbonyl (C=O) groups is 1. The maximum Gasteiger partial charge on any atom is 0.410 e. The Balaban J connectivity index is 1.11. The number of rotatable bonds is 7. The van der Waals surface area contributed by atoms with E-state index in [9.17, 15) is 9.18 Å². The average molecular weight is 496 g/mol. The highest BCUT2D eigenvalue weighted by Crippen LogP contribution is 2.44. The van der Waals surface area contributed by atoms with Crippen molar-refractivity contribution in [3.63, 3.8) is 0 Å². The van der Waals surface area contributed by atoms with Crippen LogP contribution in [0.25, 0.3) is 5.69 Å². The van der Waals surface area contributed by atoms with E-state index in [1.807, 2.05) is 41.4 Å². The van der Waals surface area contributed by atoms with Crippen LogP contribution in [0.5, 0.6) is 0 Å². The van der Waals surface area contributed by atoms with E-state index in [4.69, 9.17) is 21.1 Å². The van der Waals surface area contributed by atoms with E-state index in [-0.39, 0.29) is 36.5 Å². The molecule has 3 aliphatic rings. The van der Waals surface area contributed by atoms with E-state index in [0.717, 1.165) is 42.5 Å². The first-order valence-corrected chi connectivity index (χ1v) is 12.6. The second-order valence-electron chi connectivity index (χ2n) is 9.73. The van der Waals surface area contributed by atoms with Gasteiger partial charge in [0, 0.05) is 18.5 Å². The molecule has 2 aliphatic carbocycles. The number of piperidine rings is 1. The Morgan fingerprint density at radius 3 is 2.63 bits per heavy atom. The first-order chi connectivity index (χ1) is 17.1. The zero-order chi connectivity index (χ0) is 23.9. The summed E-state index contributed by atoms with van der Waals surface area (Å²) in [4.78, 5) is 14.5.